The number of aliphatic hydroxyl groups is 1. The number of pyridine rings is 2. The number of aliphatic hydroxyl groups excluding tert-OH is 1. The van der Waals surface area contributed by atoms with Gasteiger partial charge in [-0.3, -0.25) is 19.3 Å². The summed E-state index contributed by atoms with van der Waals surface area (Å²) >= 11 is 0. The number of carbonyl (C=O) groups is 4. The van der Waals surface area contributed by atoms with Gasteiger partial charge in [0.1, 0.15) is 23.0 Å². The van der Waals surface area contributed by atoms with Gasteiger partial charge in [-0.15, -0.1) is 0 Å². The van der Waals surface area contributed by atoms with Crippen LogP contribution in [0.25, 0.3) is 0 Å². The molecule has 3 aliphatic rings. The minimum Gasteiger partial charge on any atom is -0.422 e. The molecule has 1 saturated heterocycles. The average molecular weight is 848 g/mol. The number of benzene rings is 1. The number of hydrogen-bond donors (Lipinski definition) is 4. The molecule has 3 aromatic rings. The molecule has 1 fully saturated rings. The highest BCUT2D eigenvalue weighted by Crippen LogP contribution is 2.46. The zero-order valence-corrected chi connectivity index (χ0v) is 32.8. The second kappa shape index (κ2) is 17.2. The molecular weight excluding hydrogens is 807 g/mol. The van der Waals surface area contributed by atoms with E-state index in [4.69, 9.17) is 24.1 Å². The van der Waals surface area contributed by atoms with Gasteiger partial charge in [0.15, 0.2) is 11.3 Å². The van der Waals surface area contributed by atoms with Gasteiger partial charge in [0.05, 0.1) is 24.9 Å². The van der Waals surface area contributed by atoms with Gasteiger partial charge < -0.3 is 48.9 Å². The summed E-state index contributed by atoms with van der Waals surface area (Å²) in [5.41, 5.74) is -2.38. The van der Waals surface area contributed by atoms with E-state index in [-0.39, 0.29) is 48.3 Å². The number of nitrogens with one attached hydrogen (secondary N) is 1. The Balaban J connectivity index is 1.37. The fourth-order valence-corrected chi connectivity index (χ4v) is 7.39. The maximum absolute atomic E-state index is 14.5. The highest BCUT2D eigenvalue weighted by atomic mass is 31.2. The molecule has 3 aliphatic heterocycles. The Morgan fingerprint density at radius 1 is 1.15 bits per heavy atom. The normalized spacial score (nSPS) is 19.6. The van der Waals surface area contributed by atoms with Crippen molar-refractivity contribution in [2.24, 2.45) is 5.16 Å². The predicted molar refractivity (Wildman–Crippen MR) is 199 cm³/mol. The molecule has 59 heavy (non-hydrogen) atoms. The molecule has 5 heterocycles. The summed E-state index contributed by atoms with van der Waals surface area (Å²) in [4.78, 5) is 101. The van der Waals surface area contributed by atoms with Crippen LogP contribution in [-0.4, -0.2) is 109 Å². The molecule has 4 N–H and O–H groups in total. The van der Waals surface area contributed by atoms with Crippen LogP contribution >= 0.6 is 7.82 Å². The molecule has 0 aliphatic carbocycles. The van der Waals surface area contributed by atoms with Crippen molar-refractivity contribution < 1.29 is 66.3 Å². The Morgan fingerprint density at radius 2 is 1.92 bits per heavy atom. The Kier molecular flexibility index (Phi) is 12.5. The first-order valence-electron chi connectivity index (χ1n) is 18.1. The number of anilines is 1. The summed E-state index contributed by atoms with van der Waals surface area (Å²) in [7, 11) is -3.77. The number of phosphoric acid groups is 1. The van der Waals surface area contributed by atoms with Gasteiger partial charge in [-0.05, 0) is 38.8 Å². The van der Waals surface area contributed by atoms with Crippen molar-refractivity contribution in [3.8, 4) is 5.75 Å². The lowest BCUT2D eigenvalue weighted by molar-refractivity contribution is -0.0655. The minimum atomic E-state index is -4.98. The number of phosphoric ester groups is 1. The molecule has 3 atom stereocenters. The second-order valence-corrected chi connectivity index (χ2v) is 15.3. The van der Waals surface area contributed by atoms with E-state index in [9.17, 15) is 42.4 Å². The van der Waals surface area contributed by atoms with Crippen LogP contribution < -0.4 is 20.4 Å². The van der Waals surface area contributed by atoms with E-state index in [1.807, 2.05) is 6.92 Å². The fraction of sp³-hybridized carbons (Fsp3) is 0.417. The van der Waals surface area contributed by atoms with E-state index in [1.54, 1.807) is 6.92 Å². The predicted octanol–water partition coefficient (Wildman–Crippen LogP) is 2.80. The number of rotatable bonds is 12. The minimum absolute atomic E-state index is 0.0866. The van der Waals surface area contributed by atoms with Crippen molar-refractivity contribution in [2.45, 2.75) is 63.9 Å². The molecule has 316 valence electrons. The number of oxime groups is 1. The Morgan fingerprint density at radius 3 is 2.59 bits per heavy atom. The van der Waals surface area contributed by atoms with Crippen molar-refractivity contribution in [3.63, 3.8) is 0 Å². The molecule has 0 radical (unpaired) electrons. The Bertz CT molecular complexity index is 2310. The summed E-state index contributed by atoms with van der Waals surface area (Å²) in [6.07, 6.45) is 1.30. The number of carbonyl (C=O) groups excluding carboxylic acids is 4. The third-order valence-corrected chi connectivity index (χ3v) is 10.6. The Labute approximate surface area is 334 Å². The van der Waals surface area contributed by atoms with Crippen LogP contribution in [0.4, 0.5) is 24.2 Å². The molecule has 2 aromatic heterocycles. The lowest BCUT2D eigenvalue weighted by atomic mass is 9.84. The smallest absolute Gasteiger partial charge is 0.422 e. The van der Waals surface area contributed by atoms with Gasteiger partial charge in [-0.25, -0.2) is 32.4 Å². The van der Waals surface area contributed by atoms with Crippen LogP contribution in [-0.2, 0) is 31.8 Å². The topological polar surface area (TPSA) is 252 Å². The zero-order valence-electron chi connectivity index (χ0n) is 31.9. The van der Waals surface area contributed by atoms with Crippen molar-refractivity contribution in [1.29, 1.82) is 0 Å². The molecule has 20 nitrogen and oxygen atoms in total. The third kappa shape index (κ3) is 9.10. The highest BCUT2D eigenvalue weighted by molar-refractivity contribution is 7.46. The molecular formula is C36H40F2N7O13P. The summed E-state index contributed by atoms with van der Waals surface area (Å²) in [5, 5.41) is 16.2. The van der Waals surface area contributed by atoms with E-state index in [0.29, 0.717) is 31.0 Å². The van der Waals surface area contributed by atoms with Crippen LogP contribution in [0.15, 0.2) is 52.7 Å². The van der Waals surface area contributed by atoms with Crippen LogP contribution in [0.2, 0.25) is 0 Å². The maximum Gasteiger partial charge on any atom is 0.472 e. The molecule has 2 bridgehead atoms. The summed E-state index contributed by atoms with van der Waals surface area (Å²) < 4.78 is 55.1. The molecule has 1 spiro atoms. The number of aromatic nitrogens is 2. The fourth-order valence-electron chi connectivity index (χ4n) is 7.20. The van der Waals surface area contributed by atoms with Gasteiger partial charge in [0.25, 0.3) is 11.8 Å². The van der Waals surface area contributed by atoms with Gasteiger partial charge >= 0.3 is 20.0 Å². The van der Waals surface area contributed by atoms with Crippen LogP contribution in [0.3, 0.4) is 0 Å². The van der Waals surface area contributed by atoms with Gasteiger partial charge in [0, 0.05) is 68.7 Å². The van der Waals surface area contributed by atoms with E-state index in [2.05, 4.69) is 20.0 Å². The lowest BCUT2D eigenvalue weighted by Gasteiger charge is -2.42. The molecule has 1 aromatic carbocycles. The van der Waals surface area contributed by atoms with Crippen LogP contribution in [0.5, 0.6) is 5.75 Å². The summed E-state index contributed by atoms with van der Waals surface area (Å²) in [5.74, 6) is -4.43. The van der Waals surface area contributed by atoms with E-state index in [0.717, 1.165) is 21.9 Å². The molecule has 23 heteroatoms. The second-order valence-electron chi connectivity index (χ2n) is 14.1. The van der Waals surface area contributed by atoms with Crippen LogP contribution in [0.1, 0.15) is 71.1 Å². The van der Waals surface area contributed by atoms with Gasteiger partial charge in [-0.1, -0.05) is 17.3 Å². The monoisotopic (exact) mass is 847 g/mol. The first kappa shape index (κ1) is 42.8. The summed E-state index contributed by atoms with van der Waals surface area (Å²) in [6, 6.07) is 4.56. The van der Waals surface area contributed by atoms with Crippen molar-refractivity contribution in [3.05, 3.63) is 87.0 Å². The number of halogens is 2. The van der Waals surface area contributed by atoms with E-state index >= 15 is 0 Å². The molecule has 0 saturated carbocycles. The average Bonchev–Trinajstić information content (AvgIpc) is 3.51. The molecule has 0 unspecified atom stereocenters. The number of nitrogens with zero attached hydrogens (tertiary/aromatic N) is 6. The lowest BCUT2D eigenvalue weighted by Crippen LogP contribution is -2.52. The highest BCUT2D eigenvalue weighted by Gasteiger charge is 2.54. The Hall–Kier alpha value is -5.80. The SMILES string of the molecule is CC1=NO[C@@]2(CC[C@H](C)N3C[C@H]2n2cc(C(=O)NCc4ccc(F)cc4F)c(=O)c(OC(=O)N(C)c4ncccc4CN(CCO)C(=O)OCOP(=O)(O)O)c2C3=O)C1. The standard InChI is InChI=1S/C36H40F2N7O13P/c1-20-14-36(58-41-20)9-8-21(2)44-18-27(36)45-17-25(32(48)40-15-22-6-7-24(37)13-26(22)38)29(47)30(28(45)33(44)49)57-34(50)42(3)31-23(5-4-10-39-31)16-43(11-12-46)35(51)55-19-56-59(52,53)54/h4-7,10,13,17,21,27,46H,8-9,11-12,14-16,18-19H2,1-3H3,(H,40,48)(H2,52,53,54)/t21-,27+,36-/m0/s1. The molecule has 4 amide bonds. The zero-order chi connectivity index (χ0) is 42.8. The third-order valence-electron chi connectivity index (χ3n) is 10.2. The first-order chi connectivity index (χ1) is 27.9. The van der Waals surface area contributed by atoms with E-state index < -0.39 is 91.8 Å². The largest absolute Gasteiger partial charge is 0.472 e. The molecule has 6 rings (SSSR count). The maximum atomic E-state index is 14.5. The van der Waals surface area contributed by atoms with Crippen molar-refractivity contribution in [1.82, 2.24) is 24.7 Å². The van der Waals surface area contributed by atoms with Crippen molar-refractivity contribution in [2.75, 3.05) is 38.4 Å². The quantitative estimate of drug-likeness (QED) is 0.151. The van der Waals surface area contributed by atoms with Gasteiger partial charge in [-0.2, -0.15) is 0 Å². The van der Waals surface area contributed by atoms with Crippen molar-refractivity contribution >= 4 is 43.4 Å². The van der Waals surface area contributed by atoms with Gasteiger partial charge in [0.2, 0.25) is 18.0 Å². The van der Waals surface area contributed by atoms with Crippen LogP contribution in [0, 0.1) is 11.6 Å². The van der Waals surface area contributed by atoms with E-state index in [1.165, 1.54) is 41.0 Å². The number of amides is 4. The number of hydrogen-bond acceptors (Lipinski definition) is 13. The number of fused-ring (bicyclic) bond motifs is 5. The number of ether oxygens (including phenoxy) is 2. The summed E-state index contributed by atoms with van der Waals surface area (Å²) in [6.45, 7) is 0.821. The first-order valence-corrected chi connectivity index (χ1v) is 19.6.